The number of benzene rings is 1. The molecule has 1 amide bonds. The van der Waals surface area contributed by atoms with Crippen LogP contribution in [0.25, 0.3) is 17.4 Å². The average molecular weight is 621 g/mol. The third-order valence-electron chi connectivity index (χ3n) is 9.62. The highest BCUT2D eigenvalue weighted by molar-refractivity contribution is 8.26. The highest BCUT2D eigenvalue weighted by atomic mass is 32.2. The number of aromatic nitrogens is 3. The van der Waals surface area contributed by atoms with E-state index in [1.807, 2.05) is 35.2 Å². The van der Waals surface area contributed by atoms with E-state index in [2.05, 4.69) is 10.3 Å². The van der Waals surface area contributed by atoms with Crippen molar-refractivity contribution in [1.82, 2.24) is 19.9 Å². The third kappa shape index (κ3) is 5.51. The van der Waals surface area contributed by atoms with Gasteiger partial charge in [-0.2, -0.15) is 0 Å². The first kappa shape index (κ1) is 28.6. The molecule has 8 rings (SSSR count). The molecule has 3 aromatic rings. The summed E-state index contributed by atoms with van der Waals surface area (Å²) in [6.45, 7) is 0.495. The van der Waals surface area contributed by atoms with Gasteiger partial charge >= 0.3 is 0 Å². The summed E-state index contributed by atoms with van der Waals surface area (Å²) in [6, 6.07) is 7.90. The molecule has 1 aliphatic heterocycles. The molecule has 0 atom stereocenters. The monoisotopic (exact) mass is 620 g/mol. The van der Waals surface area contributed by atoms with E-state index >= 15 is 0 Å². The van der Waals surface area contributed by atoms with Gasteiger partial charge in [0.2, 0.25) is 0 Å². The summed E-state index contributed by atoms with van der Waals surface area (Å²) in [5, 5.41) is 17.4. The number of aliphatic hydroxyl groups is 1. The number of hydrogen-bond acceptors (Lipinski definition) is 9. The molecule has 5 aliphatic rings. The molecule has 0 radical (unpaired) electrons. The zero-order valence-corrected chi connectivity index (χ0v) is 26.0. The van der Waals surface area contributed by atoms with Crippen molar-refractivity contribution in [1.29, 1.82) is 0 Å². The number of aliphatic hydroxyl groups excluding tert-OH is 1. The van der Waals surface area contributed by atoms with Gasteiger partial charge in [0, 0.05) is 30.3 Å². The maximum atomic E-state index is 14.0. The lowest BCUT2D eigenvalue weighted by atomic mass is 9.54. The van der Waals surface area contributed by atoms with E-state index < -0.39 is 0 Å². The van der Waals surface area contributed by atoms with Gasteiger partial charge in [0.05, 0.1) is 31.9 Å². The Labute approximate surface area is 260 Å². The number of hydrogen-bond donors (Lipinski definition) is 1. The molecule has 0 unspecified atom stereocenters. The maximum absolute atomic E-state index is 14.0. The topological polar surface area (TPSA) is 103 Å². The normalized spacial score (nSPS) is 27.1. The second-order valence-electron chi connectivity index (χ2n) is 12.3. The van der Waals surface area contributed by atoms with Crippen LogP contribution in [0.2, 0.25) is 0 Å². The van der Waals surface area contributed by atoms with E-state index in [1.165, 1.54) is 43.9 Å². The molecule has 1 saturated heterocycles. The van der Waals surface area contributed by atoms with E-state index in [-0.39, 0.29) is 18.6 Å². The van der Waals surface area contributed by atoms with Gasteiger partial charge in [-0.3, -0.25) is 14.4 Å². The zero-order valence-electron chi connectivity index (χ0n) is 24.4. The van der Waals surface area contributed by atoms with Crippen molar-refractivity contribution in [2.75, 3.05) is 14.2 Å². The van der Waals surface area contributed by atoms with Crippen LogP contribution in [0.4, 0.5) is 0 Å². The highest BCUT2D eigenvalue weighted by Crippen LogP contribution is 2.56. The fourth-order valence-electron chi connectivity index (χ4n) is 7.98. The first-order valence-electron chi connectivity index (χ1n) is 15.1. The number of furan rings is 1. The molecule has 9 nitrogen and oxygen atoms in total. The van der Waals surface area contributed by atoms with Gasteiger partial charge in [-0.1, -0.05) is 29.2 Å². The SMILES string of the molecule is COc1cc(OC)cc(-c2cc(CCCn3cc(CO)nn3)c(/C=C3\SC(=S)N(C4C5CC6CC(C5)CC4C6)C3=O)o2)c1. The Balaban J connectivity index is 1.18. The molecule has 3 heterocycles. The molecule has 5 fully saturated rings. The number of thiocarbonyl (C=S) groups is 1. The van der Waals surface area contributed by atoms with Crippen LogP contribution < -0.4 is 9.47 Å². The van der Waals surface area contributed by atoms with Gasteiger partial charge in [0.1, 0.15) is 33.0 Å². The van der Waals surface area contributed by atoms with Crippen molar-refractivity contribution in [3.63, 3.8) is 0 Å². The summed E-state index contributed by atoms with van der Waals surface area (Å²) >= 11 is 7.25. The molecule has 0 spiro atoms. The van der Waals surface area contributed by atoms with E-state index in [1.54, 1.807) is 25.1 Å². The molecule has 2 aromatic heterocycles. The van der Waals surface area contributed by atoms with Crippen LogP contribution in [0.15, 0.2) is 39.8 Å². The largest absolute Gasteiger partial charge is 0.497 e. The average Bonchev–Trinajstić information content (AvgIpc) is 3.71. The Morgan fingerprint density at radius 2 is 1.77 bits per heavy atom. The highest BCUT2D eigenvalue weighted by Gasteiger charge is 2.53. The van der Waals surface area contributed by atoms with Crippen LogP contribution in [0.5, 0.6) is 11.5 Å². The molecular formula is C32H36N4O5S2. The number of ether oxygens (including phenoxy) is 2. The molecule has 1 aromatic carbocycles. The van der Waals surface area contributed by atoms with Crippen molar-refractivity contribution in [3.8, 4) is 22.8 Å². The maximum Gasteiger partial charge on any atom is 0.266 e. The lowest BCUT2D eigenvalue weighted by molar-refractivity contribution is -0.130. The van der Waals surface area contributed by atoms with Crippen LogP contribution in [0.1, 0.15) is 55.5 Å². The van der Waals surface area contributed by atoms with Gasteiger partial charge in [-0.05, 0) is 92.4 Å². The summed E-state index contributed by atoms with van der Waals surface area (Å²) in [4.78, 5) is 16.5. The van der Waals surface area contributed by atoms with Gasteiger partial charge in [0.25, 0.3) is 5.91 Å². The smallest absolute Gasteiger partial charge is 0.266 e. The number of methoxy groups -OCH3 is 2. The first-order chi connectivity index (χ1) is 20.9. The molecule has 43 heavy (non-hydrogen) atoms. The van der Waals surface area contributed by atoms with Crippen LogP contribution in [0.3, 0.4) is 0 Å². The summed E-state index contributed by atoms with van der Waals surface area (Å²) in [5.41, 5.74) is 2.35. The van der Waals surface area contributed by atoms with E-state index in [0.29, 0.717) is 62.7 Å². The molecular weight excluding hydrogens is 585 g/mol. The minimum absolute atomic E-state index is 0.0126. The van der Waals surface area contributed by atoms with Crippen molar-refractivity contribution >= 4 is 40.3 Å². The van der Waals surface area contributed by atoms with Gasteiger partial charge < -0.3 is 19.0 Å². The summed E-state index contributed by atoms with van der Waals surface area (Å²) in [6.07, 6.45) is 11.4. The molecule has 11 heteroatoms. The number of rotatable bonds is 10. The Morgan fingerprint density at radius 1 is 1.07 bits per heavy atom. The van der Waals surface area contributed by atoms with Crippen LogP contribution >= 0.6 is 24.0 Å². The molecule has 4 aliphatic carbocycles. The fourth-order valence-corrected chi connectivity index (χ4v) is 9.29. The Bertz CT molecular complexity index is 1530. The predicted molar refractivity (Wildman–Crippen MR) is 167 cm³/mol. The number of thioether (sulfide) groups is 1. The number of nitrogens with zero attached hydrogens (tertiary/aromatic N) is 4. The van der Waals surface area contributed by atoms with Crippen LogP contribution in [-0.4, -0.2) is 55.5 Å². The Kier molecular flexibility index (Phi) is 7.81. The summed E-state index contributed by atoms with van der Waals surface area (Å²) in [7, 11) is 3.24. The zero-order chi connectivity index (χ0) is 29.7. The van der Waals surface area contributed by atoms with Crippen molar-refractivity contribution < 1.29 is 23.8 Å². The van der Waals surface area contributed by atoms with Gasteiger partial charge in [0.15, 0.2) is 0 Å². The van der Waals surface area contributed by atoms with Gasteiger partial charge in [-0.25, -0.2) is 0 Å². The second-order valence-corrected chi connectivity index (χ2v) is 14.0. The first-order valence-corrected chi connectivity index (χ1v) is 16.3. The minimum Gasteiger partial charge on any atom is -0.497 e. The van der Waals surface area contributed by atoms with Crippen LogP contribution in [-0.2, 0) is 24.4 Å². The summed E-state index contributed by atoms with van der Waals surface area (Å²) < 4.78 is 19.8. The standard InChI is InChI=1S/C32H36N4O5S2/c1-39-25-11-21(12-26(14-25)40-2)27-13-20(4-3-5-35-16-24(17-37)33-34-35)28(41-27)15-29-31(38)36(32(42)43-29)30-22-7-18-6-19(9-22)10-23(30)8-18/h11-16,18-19,22-23,30,37H,3-10,17H2,1-2H3/b29-15-. The minimum atomic E-state index is -0.138. The van der Waals surface area contributed by atoms with Gasteiger partial charge in [-0.15, -0.1) is 5.10 Å². The van der Waals surface area contributed by atoms with E-state index in [4.69, 9.17) is 26.1 Å². The lowest BCUT2D eigenvalue weighted by Crippen LogP contribution is -2.57. The number of amides is 1. The number of aryl methyl sites for hydroxylation is 2. The van der Waals surface area contributed by atoms with Crippen LogP contribution in [0, 0.1) is 23.7 Å². The molecule has 4 bridgehead atoms. The second kappa shape index (κ2) is 11.7. The quantitative estimate of drug-likeness (QED) is 0.226. The number of carbonyl (C=O) groups is 1. The Hall–Kier alpha value is -3.15. The predicted octanol–water partition coefficient (Wildman–Crippen LogP) is 5.71. The van der Waals surface area contributed by atoms with Crippen molar-refractivity contribution in [2.24, 2.45) is 23.7 Å². The molecule has 226 valence electrons. The fraction of sp³-hybridized carbons (Fsp3) is 0.500. The third-order valence-corrected chi connectivity index (χ3v) is 11.0. The lowest BCUT2D eigenvalue weighted by Gasteiger charge is -2.56. The number of carbonyl (C=O) groups excluding carboxylic acids is 1. The van der Waals surface area contributed by atoms with Crippen molar-refractivity contribution in [2.45, 2.75) is 64.1 Å². The van der Waals surface area contributed by atoms with E-state index in [0.717, 1.165) is 29.4 Å². The Morgan fingerprint density at radius 3 is 2.40 bits per heavy atom. The molecule has 4 saturated carbocycles. The van der Waals surface area contributed by atoms with Crippen molar-refractivity contribution in [3.05, 3.63) is 52.4 Å². The molecule has 1 N–H and O–H groups in total. The summed E-state index contributed by atoms with van der Waals surface area (Å²) in [5.74, 6) is 5.45. The van der Waals surface area contributed by atoms with E-state index in [9.17, 15) is 9.90 Å².